The third-order valence-electron chi connectivity index (χ3n) is 7.12. The van der Waals surface area contributed by atoms with Crippen molar-refractivity contribution in [1.29, 1.82) is 0 Å². The lowest BCUT2D eigenvalue weighted by atomic mass is 10.0. The summed E-state index contributed by atoms with van der Waals surface area (Å²) in [5.41, 5.74) is 7.05. The molecule has 2 aromatic carbocycles. The SMILES string of the molecule is O=C(NCc1ccnc(Cl)c1)n1c2c(c3cc4c(cc31)COC4)CN(C/C=C/c1ccc(Cl)c(F)c1)CC2. The van der Waals surface area contributed by atoms with Crippen LogP contribution in [0.4, 0.5) is 9.18 Å². The molecule has 4 heterocycles. The van der Waals surface area contributed by atoms with Crippen LogP contribution in [0, 0.1) is 5.82 Å². The Hall–Kier alpha value is -3.23. The summed E-state index contributed by atoms with van der Waals surface area (Å²) in [5.74, 6) is -0.425. The van der Waals surface area contributed by atoms with E-state index in [1.807, 2.05) is 22.8 Å². The fourth-order valence-electron chi connectivity index (χ4n) is 5.24. The molecular formula is C29H25Cl2FN4O2. The zero-order chi connectivity index (χ0) is 26.2. The summed E-state index contributed by atoms with van der Waals surface area (Å²) in [7, 11) is 0. The molecule has 38 heavy (non-hydrogen) atoms. The van der Waals surface area contributed by atoms with Crippen LogP contribution >= 0.6 is 23.2 Å². The first-order valence-corrected chi connectivity index (χ1v) is 13.2. The van der Waals surface area contributed by atoms with Crippen molar-refractivity contribution in [3.63, 3.8) is 0 Å². The summed E-state index contributed by atoms with van der Waals surface area (Å²) in [4.78, 5) is 19.9. The Balaban J connectivity index is 1.27. The Morgan fingerprint density at radius 3 is 2.79 bits per heavy atom. The number of ether oxygens (including phenoxy) is 1. The lowest BCUT2D eigenvalue weighted by Crippen LogP contribution is -2.34. The van der Waals surface area contributed by atoms with Gasteiger partial charge in [0.1, 0.15) is 11.0 Å². The summed E-state index contributed by atoms with van der Waals surface area (Å²) in [6.45, 7) is 3.72. The van der Waals surface area contributed by atoms with Gasteiger partial charge in [0.15, 0.2) is 0 Å². The Kier molecular flexibility index (Phi) is 6.93. The number of carbonyl (C=O) groups excluding carboxylic acids is 1. The molecule has 0 atom stereocenters. The van der Waals surface area contributed by atoms with E-state index in [1.54, 1.807) is 24.4 Å². The lowest BCUT2D eigenvalue weighted by Gasteiger charge is -2.27. The molecule has 4 aromatic rings. The Labute approximate surface area is 229 Å². The largest absolute Gasteiger partial charge is 0.372 e. The number of nitrogens with zero attached hydrogens (tertiary/aromatic N) is 3. The number of halogens is 3. The van der Waals surface area contributed by atoms with Gasteiger partial charge >= 0.3 is 6.03 Å². The van der Waals surface area contributed by atoms with E-state index in [9.17, 15) is 9.18 Å². The maximum atomic E-state index is 13.8. The van der Waals surface area contributed by atoms with E-state index >= 15 is 0 Å². The smallest absolute Gasteiger partial charge is 0.326 e. The minimum Gasteiger partial charge on any atom is -0.372 e. The molecule has 0 saturated heterocycles. The predicted molar refractivity (Wildman–Crippen MR) is 147 cm³/mol. The maximum absolute atomic E-state index is 13.8. The molecule has 1 amide bonds. The fourth-order valence-corrected chi connectivity index (χ4v) is 5.55. The number of aromatic nitrogens is 2. The van der Waals surface area contributed by atoms with Gasteiger partial charge in [-0.05, 0) is 64.2 Å². The highest BCUT2D eigenvalue weighted by Gasteiger charge is 2.28. The summed E-state index contributed by atoms with van der Waals surface area (Å²) < 4.78 is 21.3. The van der Waals surface area contributed by atoms with E-state index in [1.165, 1.54) is 11.6 Å². The molecule has 1 N–H and O–H groups in total. The first-order valence-electron chi connectivity index (χ1n) is 12.4. The number of hydrogen-bond donors (Lipinski definition) is 1. The molecule has 194 valence electrons. The fraction of sp³-hybridized carbons (Fsp3) is 0.241. The number of hydrogen-bond acceptors (Lipinski definition) is 4. The van der Waals surface area contributed by atoms with Gasteiger partial charge in [0, 0.05) is 49.9 Å². The number of rotatable bonds is 5. The van der Waals surface area contributed by atoms with E-state index in [4.69, 9.17) is 27.9 Å². The highest BCUT2D eigenvalue weighted by molar-refractivity contribution is 6.30. The average molecular weight is 551 g/mol. The molecule has 0 radical (unpaired) electrons. The Bertz CT molecular complexity index is 1580. The molecule has 0 spiro atoms. The molecule has 0 fully saturated rings. The zero-order valence-electron chi connectivity index (χ0n) is 20.5. The second-order valence-electron chi connectivity index (χ2n) is 9.60. The van der Waals surface area contributed by atoms with Crippen molar-refractivity contribution in [2.75, 3.05) is 13.1 Å². The lowest BCUT2D eigenvalue weighted by molar-refractivity contribution is 0.134. The van der Waals surface area contributed by atoms with Crippen molar-refractivity contribution in [3.8, 4) is 0 Å². The van der Waals surface area contributed by atoms with Crippen molar-refractivity contribution < 1.29 is 13.9 Å². The third-order valence-corrected chi connectivity index (χ3v) is 7.63. The highest BCUT2D eigenvalue weighted by atomic mass is 35.5. The molecule has 2 aromatic heterocycles. The van der Waals surface area contributed by atoms with Crippen LogP contribution in [-0.2, 0) is 37.5 Å². The zero-order valence-corrected chi connectivity index (χ0v) is 22.0. The molecule has 0 unspecified atom stereocenters. The number of carbonyl (C=O) groups is 1. The second kappa shape index (κ2) is 10.5. The monoisotopic (exact) mass is 550 g/mol. The van der Waals surface area contributed by atoms with Crippen LogP contribution in [0.1, 0.15) is 33.5 Å². The predicted octanol–water partition coefficient (Wildman–Crippen LogP) is 6.34. The van der Waals surface area contributed by atoms with Crippen molar-refractivity contribution in [1.82, 2.24) is 19.8 Å². The second-order valence-corrected chi connectivity index (χ2v) is 10.4. The van der Waals surface area contributed by atoms with Gasteiger partial charge in [-0.25, -0.2) is 14.2 Å². The van der Waals surface area contributed by atoms with Crippen molar-refractivity contribution in [2.24, 2.45) is 0 Å². The Morgan fingerprint density at radius 1 is 1.13 bits per heavy atom. The maximum Gasteiger partial charge on any atom is 0.326 e. The van der Waals surface area contributed by atoms with Crippen LogP contribution < -0.4 is 5.32 Å². The molecule has 0 saturated carbocycles. The number of fused-ring (bicyclic) bond motifs is 4. The van der Waals surface area contributed by atoms with Gasteiger partial charge in [-0.15, -0.1) is 0 Å². The number of amides is 1. The van der Waals surface area contributed by atoms with Crippen molar-refractivity contribution in [3.05, 3.63) is 104 Å². The quantitative estimate of drug-likeness (QED) is 0.294. The number of nitrogens with one attached hydrogen (secondary N) is 1. The summed E-state index contributed by atoms with van der Waals surface area (Å²) in [5, 5.41) is 4.65. The normalized spacial score (nSPS) is 15.2. The third kappa shape index (κ3) is 4.95. The van der Waals surface area contributed by atoms with Crippen LogP contribution in [0.2, 0.25) is 10.2 Å². The van der Waals surface area contributed by atoms with Gasteiger partial charge in [0.2, 0.25) is 0 Å². The van der Waals surface area contributed by atoms with E-state index < -0.39 is 5.82 Å². The molecule has 2 aliphatic heterocycles. The van der Waals surface area contributed by atoms with Crippen LogP contribution in [0.25, 0.3) is 17.0 Å². The molecule has 0 aliphatic carbocycles. The van der Waals surface area contributed by atoms with Gasteiger partial charge < -0.3 is 10.1 Å². The van der Waals surface area contributed by atoms with Gasteiger partial charge in [-0.3, -0.25) is 9.47 Å². The topological polar surface area (TPSA) is 59.4 Å². The van der Waals surface area contributed by atoms with Crippen molar-refractivity contribution >= 4 is 46.2 Å². The Morgan fingerprint density at radius 2 is 1.97 bits per heavy atom. The summed E-state index contributed by atoms with van der Waals surface area (Å²) >= 11 is 11.8. The molecule has 6 rings (SSSR count). The molecular weight excluding hydrogens is 526 g/mol. The first-order chi connectivity index (χ1) is 18.5. The average Bonchev–Trinajstić information content (AvgIpc) is 3.49. The first kappa shape index (κ1) is 25.1. The highest BCUT2D eigenvalue weighted by Crippen LogP contribution is 2.35. The van der Waals surface area contributed by atoms with Gasteiger partial charge in [-0.2, -0.15) is 0 Å². The molecule has 0 bridgehead atoms. The summed E-state index contributed by atoms with van der Waals surface area (Å²) in [6, 6.07) is 12.5. The summed E-state index contributed by atoms with van der Waals surface area (Å²) in [6.07, 6.45) is 6.31. The van der Waals surface area contributed by atoms with E-state index in [-0.39, 0.29) is 11.1 Å². The van der Waals surface area contributed by atoms with Crippen LogP contribution in [-0.4, -0.2) is 33.6 Å². The van der Waals surface area contributed by atoms with E-state index in [0.29, 0.717) is 38.0 Å². The standard InChI is InChI=1S/C29H25Cl2FN4O2/c30-24-4-3-18(10-25(24)32)2-1-8-35-9-6-26-23(15-35)22-12-20-16-38-17-21(20)13-27(22)36(26)29(37)34-14-19-5-7-33-28(31)11-19/h1-5,7,10-13H,6,8-9,14-17H2,(H,34,37)/b2-1+. The van der Waals surface area contributed by atoms with E-state index in [2.05, 4.69) is 27.3 Å². The van der Waals surface area contributed by atoms with E-state index in [0.717, 1.165) is 51.8 Å². The van der Waals surface area contributed by atoms with Crippen molar-refractivity contribution in [2.45, 2.75) is 32.7 Å². The molecule has 6 nitrogen and oxygen atoms in total. The number of pyridine rings is 1. The van der Waals surface area contributed by atoms with Crippen LogP contribution in [0.3, 0.4) is 0 Å². The van der Waals surface area contributed by atoms with Crippen LogP contribution in [0.5, 0.6) is 0 Å². The molecule has 9 heteroatoms. The minimum atomic E-state index is -0.425. The van der Waals surface area contributed by atoms with Gasteiger partial charge in [0.05, 0.1) is 23.8 Å². The van der Waals surface area contributed by atoms with Gasteiger partial charge in [0.25, 0.3) is 0 Å². The molecule has 2 aliphatic rings. The van der Waals surface area contributed by atoms with Crippen LogP contribution in [0.15, 0.2) is 54.7 Å². The minimum absolute atomic E-state index is 0.118. The van der Waals surface area contributed by atoms with Gasteiger partial charge in [-0.1, -0.05) is 41.4 Å². The number of benzene rings is 2.